The number of hydrogen-bond donors (Lipinski definition) is 2. The van der Waals surface area contributed by atoms with Gasteiger partial charge in [-0.2, -0.15) is 0 Å². The molecule has 0 saturated heterocycles. The average Bonchev–Trinajstić information content (AvgIpc) is 3.42. The number of benzene rings is 4. The highest BCUT2D eigenvalue weighted by atomic mass is 16.2. The summed E-state index contributed by atoms with van der Waals surface area (Å²) in [6.45, 7) is -0.231. The molecule has 2 heterocycles. The molecule has 3 amide bonds. The predicted octanol–water partition coefficient (Wildman–Crippen LogP) is 4.85. The number of amides is 3. The van der Waals surface area contributed by atoms with Crippen molar-refractivity contribution in [2.24, 2.45) is 7.05 Å². The van der Waals surface area contributed by atoms with Gasteiger partial charge in [0.1, 0.15) is 6.54 Å². The van der Waals surface area contributed by atoms with Gasteiger partial charge in [0.05, 0.1) is 11.7 Å². The summed E-state index contributed by atoms with van der Waals surface area (Å²) >= 11 is 0. The van der Waals surface area contributed by atoms with Crippen LogP contribution in [0.3, 0.4) is 0 Å². The van der Waals surface area contributed by atoms with E-state index in [0.29, 0.717) is 11.1 Å². The summed E-state index contributed by atoms with van der Waals surface area (Å²) in [6, 6.07) is 33.8. The van der Waals surface area contributed by atoms with Crippen LogP contribution in [-0.2, 0) is 11.8 Å². The number of nitrogens with one attached hydrogen (secondary N) is 2. The van der Waals surface area contributed by atoms with Crippen LogP contribution in [0.2, 0.25) is 0 Å². The first-order valence-electron chi connectivity index (χ1n) is 12.7. The number of hydrazine groups is 1. The van der Waals surface area contributed by atoms with Gasteiger partial charge in [0.25, 0.3) is 17.7 Å². The zero-order chi connectivity index (χ0) is 26.9. The SMILES string of the molecule is Cn1c(-c2ccccc2)c(C2c3ccccc3C(=O)N2CC(=O)NNC(=O)c2ccccc2)c2ccccc21. The predicted molar refractivity (Wildman–Crippen MR) is 150 cm³/mol. The van der Waals surface area contributed by atoms with Crippen LogP contribution in [0.1, 0.15) is 37.9 Å². The molecule has 1 atom stereocenters. The van der Waals surface area contributed by atoms with Gasteiger partial charge < -0.3 is 9.47 Å². The van der Waals surface area contributed by atoms with Crippen LogP contribution in [0.4, 0.5) is 0 Å². The number of hydrogen-bond acceptors (Lipinski definition) is 3. The van der Waals surface area contributed by atoms with Crippen molar-refractivity contribution < 1.29 is 14.4 Å². The van der Waals surface area contributed by atoms with Gasteiger partial charge in [-0.15, -0.1) is 0 Å². The topological polar surface area (TPSA) is 83.4 Å². The van der Waals surface area contributed by atoms with Gasteiger partial charge in [-0.3, -0.25) is 25.2 Å². The first kappa shape index (κ1) is 24.2. The van der Waals surface area contributed by atoms with Crippen molar-refractivity contribution in [3.05, 3.63) is 131 Å². The molecule has 0 spiro atoms. The Bertz CT molecular complexity index is 1710. The van der Waals surface area contributed by atoms with Gasteiger partial charge in [0.15, 0.2) is 0 Å². The molecule has 2 N–H and O–H groups in total. The molecule has 6 rings (SSSR count). The second-order valence-electron chi connectivity index (χ2n) is 9.50. The summed E-state index contributed by atoms with van der Waals surface area (Å²) in [5.74, 6) is -1.16. The summed E-state index contributed by atoms with van der Waals surface area (Å²) in [7, 11) is 2.02. The molecule has 0 aliphatic carbocycles. The highest BCUT2D eigenvalue weighted by Crippen LogP contribution is 2.46. The molecule has 0 fully saturated rings. The van der Waals surface area contributed by atoms with Crippen LogP contribution in [0.5, 0.6) is 0 Å². The summed E-state index contributed by atoms with van der Waals surface area (Å²) in [4.78, 5) is 40.9. The lowest BCUT2D eigenvalue weighted by Crippen LogP contribution is -2.47. The van der Waals surface area contributed by atoms with Gasteiger partial charge in [0.2, 0.25) is 0 Å². The van der Waals surface area contributed by atoms with Crippen LogP contribution in [-0.4, -0.2) is 33.7 Å². The van der Waals surface area contributed by atoms with Gasteiger partial charge in [0, 0.05) is 34.6 Å². The Hall–Kier alpha value is -5.17. The third-order valence-corrected chi connectivity index (χ3v) is 7.19. The lowest BCUT2D eigenvalue weighted by atomic mass is 9.93. The Morgan fingerprint density at radius 3 is 2.18 bits per heavy atom. The molecule has 4 aromatic carbocycles. The monoisotopic (exact) mass is 514 g/mol. The van der Waals surface area contributed by atoms with E-state index in [2.05, 4.69) is 39.7 Å². The number of carbonyl (C=O) groups excluding carboxylic acids is 3. The highest BCUT2D eigenvalue weighted by molar-refractivity contribution is 6.04. The molecule has 1 unspecified atom stereocenters. The van der Waals surface area contributed by atoms with E-state index in [1.54, 1.807) is 35.2 Å². The highest BCUT2D eigenvalue weighted by Gasteiger charge is 2.41. The molecule has 0 radical (unpaired) electrons. The lowest BCUT2D eigenvalue weighted by molar-refractivity contribution is -0.122. The molecule has 1 aliphatic rings. The van der Waals surface area contributed by atoms with E-state index in [1.807, 2.05) is 61.6 Å². The second-order valence-corrected chi connectivity index (χ2v) is 9.50. The lowest BCUT2D eigenvalue weighted by Gasteiger charge is -2.26. The van der Waals surface area contributed by atoms with Crippen molar-refractivity contribution in [1.82, 2.24) is 20.3 Å². The van der Waals surface area contributed by atoms with Gasteiger partial charge in [-0.1, -0.05) is 84.9 Å². The molecule has 192 valence electrons. The largest absolute Gasteiger partial charge is 0.343 e. The minimum absolute atomic E-state index is 0.230. The first-order chi connectivity index (χ1) is 19.0. The van der Waals surface area contributed by atoms with Gasteiger partial charge in [-0.05, 0) is 35.4 Å². The van der Waals surface area contributed by atoms with Crippen LogP contribution in [0.15, 0.2) is 109 Å². The Morgan fingerprint density at radius 2 is 1.41 bits per heavy atom. The quantitative estimate of drug-likeness (QED) is 0.329. The molecular weight excluding hydrogens is 488 g/mol. The van der Waals surface area contributed by atoms with E-state index in [1.165, 1.54) is 0 Å². The zero-order valence-electron chi connectivity index (χ0n) is 21.3. The molecule has 1 aliphatic heterocycles. The van der Waals surface area contributed by atoms with E-state index in [-0.39, 0.29) is 12.5 Å². The summed E-state index contributed by atoms with van der Waals surface area (Å²) in [5, 5.41) is 1.01. The number of aromatic nitrogens is 1. The Kier molecular flexibility index (Phi) is 6.17. The minimum Gasteiger partial charge on any atom is -0.343 e. The number of rotatable bonds is 5. The van der Waals surface area contributed by atoms with E-state index in [0.717, 1.165) is 33.3 Å². The van der Waals surface area contributed by atoms with Crippen LogP contribution < -0.4 is 10.9 Å². The average molecular weight is 515 g/mol. The van der Waals surface area contributed by atoms with Crippen LogP contribution in [0.25, 0.3) is 22.2 Å². The molecule has 1 aromatic heterocycles. The van der Waals surface area contributed by atoms with Crippen molar-refractivity contribution >= 4 is 28.6 Å². The van der Waals surface area contributed by atoms with Crippen molar-refractivity contribution in [3.8, 4) is 11.3 Å². The van der Waals surface area contributed by atoms with E-state index < -0.39 is 17.9 Å². The molecule has 0 bridgehead atoms. The number of nitrogens with zero attached hydrogens (tertiary/aromatic N) is 2. The molecule has 7 heteroatoms. The smallest absolute Gasteiger partial charge is 0.269 e. The van der Waals surface area contributed by atoms with Crippen molar-refractivity contribution in [1.29, 1.82) is 0 Å². The minimum atomic E-state index is -0.495. The fourth-order valence-electron chi connectivity index (χ4n) is 5.47. The zero-order valence-corrected chi connectivity index (χ0v) is 21.3. The number of fused-ring (bicyclic) bond motifs is 2. The van der Waals surface area contributed by atoms with E-state index >= 15 is 0 Å². The maximum Gasteiger partial charge on any atom is 0.269 e. The van der Waals surface area contributed by atoms with Gasteiger partial charge in [-0.25, -0.2) is 0 Å². The van der Waals surface area contributed by atoms with Crippen LogP contribution in [0, 0.1) is 0 Å². The van der Waals surface area contributed by atoms with Gasteiger partial charge >= 0.3 is 0 Å². The van der Waals surface area contributed by atoms with E-state index in [4.69, 9.17) is 0 Å². The Labute approximate surface area is 225 Å². The first-order valence-corrected chi connectivity index (χ1v) is 12.7. The Morgan fingerprint density at radius 1 is 0.769 bits per heavy atom. The number of para-hydroxylation sites is 1. The van der Waals surface area contributed by atoms with E-state index in [9.17, 15) is 14.4 Å². The van der Waals surface area contributed by atoms with Crippen molar-refractivity contribution in [2.75, 3.05) is 6.54 Å². The fraction of sp³-hybridized carbons (Fsp3) is 0.0938. The number of carbonyl (C=O) groups is 3. The van der Waals surface area contributed by atoms with Crippen molar-refractivity contribution in [3.63, 3.8) is 0 Å². The Balaban J connectivity index is 1.41. The second kappa shape index (κ2) is 9.95. The molecular formula is C32H26N4O3. The standard InChI is InChI=1S/C32H26N4O3/c1-35-26-19-11-10-18-25(26)28(29(35)21-12-4-2-5-13-21)30-23-16-8-9-17-24(23)32(39)36(30)20-27(37)33-34-31(38)22-14-6-3-7-15-22/h2-19,30H,20H2,1H3,(H,33,37)(H,34,38). The third kappa shape index (κ3) is 4.24. The summed E-state index contributed by atoms with van der Waals surface area (Å²) < 4.78 is 2.14. The third-order valence-electron chi connectivity index (χ3n) is 7.19. The molecule has 7 nitrogen and oxygen atoms in total. The van der Waals surface area contributed by atoms with Crippen molar-refractivity contribution in [2.45, 2.75) is 6.04 Å². The molecule has 39 heavy (non-hydrogen) atoms. The fourth-order valence-corrected chi connectivity index (χ4v) is 5.47. The summed E-state index contributed by atoms with van der Waals surface area (Å²) in [5.41, 5.74) is 10.7. The maximum atomic E-state index is 13.7. The molecule has 5 aromatic rings. The molecule has 0 saturated carbocycles. The normalized spacial score (nSPS) is 14.3. The van der Waals surface area contributed by atoms with Crippen LogP contribution >= 0.6 is 0 Å². The number of aryl methyl sites for hydroxylation is 1. The summed E-state index contributed by atoms with van der Waals surface area (Å²) in [6.07, 6.45) is 0. The maximum absolute atomic E-state index is 13.7.